The van der Waals surface area contributed by atoms with Crippen LogP contribution >= 0.6 is 0 Å². The maximum absolute atomic E-state index is 12.5. The van der Waals surface area contributed by atoms with Gasteiger partial charge < -0.3 is 15.4 Å². The Kier molecular flexibility index (Phi) is 6.29. The molecule has 3 rings (SSSR count). The minimum Gasteiger partial charge on any atom is -0.496 e. The van der Waals surface area contributed by atoms with Crippen LogP contribution in [0.2, 0.25) is 0 Å². The summed E-state index contributed by atoms with van der Waals surface area (Å²) in [5.74, 6) is 0.305. The molecule has 29 heavy (non-hydrogen) atoms. The number of amides is 2. The summed E-state index contributed by atoms with van der Waals surface area (Å²) in [5, 5.41) is 5.77. The van der Waals surface area contributed by atoms with Gasteiger partial charge in [-0.05, 0) is 67.4 Å². The third-order valence-electron chi connectivity index (χ3n) is 4.52. The molecular formula is C24H24N2O3. The number of carbonyl (C=O) groups is 2. The fourth-order valence-corrected chi connectivity index (χ4v) is 3.15. The Hall–Kier alpha value is -3.60. The quantitative estimate of drug-likeness (QED) is 0.654. The van der Waals surface area contributed by atoms with E-state index >= 15 is 0 Å². The third kappa shape index (κ3) is 5.23. The highest BCUT2D eigenvalue weighted by Gasteiger charge is 2.10. The molecule has 0 atom stereocenters. The van der Waals surface area contributed by atoms with Crippen LogP contribution < -0.4 is 15.4 Å². The average molecular weight is 388 g/mol. The smallest absolute Gasteiger partial charge is 0.255 e. The van der Waals surface area contributed by atoms with Crippen molar-refractivity contribution in [3.05, 3.63) is 94.5 Å². The summed E-state index contributed by atoms with van der Waals surface area (Å²) < 4.78 is 5.29. The summed E-state index contributed by atoms with van der Waals surface area (Å²) in [6, 6.07) is 20.0. The number of carbonyl (C=O) groups excluding carboxylic acids is 2. The topological polar surface area (TPSA) is 67.4 Å². The van der Waals surface area contributed by atoms with Crippen molar-refractivity contribution in [3.8, 4) is 5.75 Å². The molecule has 5 nitrogen and oxygen atoms in total. The summed E-state index contributed by atoms with van der Waals surface area (Å²) in [6.07, 6.45) is 0. The van der Waals surface area contributed by atoms with Crippen molar-refractivity contribution < 1.29 is 14.3 Å². The number of aryl methyl sites for hydroxylation is 2. The number of hydrogen-bond donors (Lipinski definition) is 2. The summed E-state index contributed by atoms with van der Waals surface area (Å²) in [5.41, 5.74) is 4.80. The van der Waals surface area contributed by atoms with Gasteiger partial charge in [-0.25, -0.2) is 0 Å². The molecule has 0 saturated carbocycles. The molecular weight excluding hydrogens is 364 g/mol. The van der Waals surface area contributed by atoms with Crippen LogP contribution in [0.5, 0.6) is 5.75 Å². The molecule has 0 heterocycles. The van der Waals surface area contributed by atoms with Gasteiger partial charge in [-0.3, -0.25) is 9.59 Å². The van der Waals surface area contributed by atoms with Crippen LogP contribution in [0.3, 0.4) is 0 Å². The van der Waals surface area contributed by atoms with E-state index in [0.29, 0.717) is 17.7 Å². The van der Waals surface area contributed by atoms with Gasteiger partial charge in [0.15, 0.2) is 0 Å². The first kappa shape index (κ1) is 20.1. The fraction of sp³-hybridized carbons (Fsp3) is 0.167. The molecule has 0 radical (unpaired) electrons. The zero-order valence-corrected chi connectivity index (χ0v) is 16.8. The second kappa shape index (κ2) is 9.06. The first-order valence-electron chi connectivity index (χ1n) is 9.36. The second-order valence-corrected chi connectivity index (χ2v) is 6.90. The Labute approximate surface area is 170 Å². The molecule has 0 saturated heterocycles. The number of nitrogens with one attached hydrogen (secondary N) is 2. The second-order valence-electron chi connectivity index (χ2n) is 6.90. The Bertz CT molecular complexity index is 1010. The SMILES string of the molecule is COc1ccccc1CNC(=O)c1ccc(C(=O)Nc2cc(C)cc(C)c2)cc1. The van der Waals surface area contributed by atoms with E-state index in [2.05, 4.69) is 10.6 Å². The monoisotopic (exact) mass is 388 g/mol. The third-order valence-corrected chi connectivity index (χ3v) is 4.52. The molecule has 2 amide bonds. The Morgan fingerprint density at radius 2 is 1.41 bits per heavy atom. The van der Waals surface area contributed by atoms with Crippen LogP contribution in [-0.4, -0.2) is 18.9 Å². The molecule has 0 aliphatic heterocycles. The zero-order chi connectivity index (χ0) is 20.8. The van der Waals surface area contributed by atoms with Crippen molar-refractivity contribution in [1.29, 1.82) is 0 Å². The largest absolute Gasteiger partial charge is 0.496 e. The van der Waals surface area contributed by atoms with E-state index in [9.17, 15) is 9.59 Å². The highest BCUT2D eigenvalue weighted by molar-refractivity contribution is 6.05. The molecule has 0 spiro atoms. The van der Waals surface area contributed by atoms with E-state index in [1.807, 2.05) is 56.3 Å². The van der Waals surface area contributed by atoms with Crippen molar-refractivity contribution >= 4 is 17.5 Å². The van der Waals surface area contributed by atoms with Gasteiger partial charge >= 0.3 is 0 Å². The lowest BCUT2D eigenvalue weighted by molar-refractivity contribution is 0.0949. The van der Waals surface area contributed by atoms with Crippen LogP contribution in [0.15, 0.2) is 66.7 Å². The average Bonchev–Trinajstić information content (AvgIpc) is 2.71. The van der Waals surface area contributed by atoms with Crippen molar-refractivity contribution in [2.75, 3.05) is 12.4 Å². The highest BCUT2D eigenvalue weighted by atomic mass is 16.5. The predicted molar refractivity (Wildman–Crippen MR) is 114 cm³/mol. The van der Waals surface area contributed by atoms with Gasteiger partial charge in [0.2, 0.25) is 0 Å². The van der Waals surface area contributed by atoms with Crippen LogP contribution in [-0.2, 0) is 6.54 Å². The van der Waals surface area contributed by atoms with Crippen molar-refractivity contribution in [3.63, 3.8) is 0 Å². The molecule has 0 aliphatic rings. The molecule has 3 aromatic rings. The maximum atomic E-state index is 12.5. The molecule has 148 valence electrons. The number of rotatable bonds is 6. The fourth-order valence-electron chi connectivity index (χ4n) is 3.15. The van der Waals surface area contributed by atoms with E-state index in [-0.39, 0.29) is 11.8 Å². The number of anilines is 1. The molecule has 5 heteroatoms. The van der Waals surface area contributed by atoms with E-state index in [0.717, 1.165) is 28.1 Å². The summed E-state index contributed by atoms with van der Waals surface area (Å²) in [6.45, 7) is 4.33. The lowest BCUT2D eigenvalue weighted by Gasteiger charge is -2.10. The molecule has 0 aliphatic carbocycles. The van der Waals surface area contributed by atoms with E-state index in [4.69, 9.17) is 4.74 Å². The number of para-hydroxylation sites is 1. The summed E-state index contributed by atoms with van der Waals surface area (Å²) >= 11 is 0. The molecule has 0 aromatic heterocycles. The zero-order valence-electron chi connectivity index (χ0n) is 16.8. The lowest BCUT2D eigenvalue weighted by Crippen LogP contribution is -2.23. The minimum absolute atomic E-state index is 0.211. The lowest BCUT2D eigenvalue weighted by atomic mass is 10.1. The minimum atomic E-state index is -0.212. The molecule has 0 unspecified atom stereocenters. The van der Waals surface area contributed by atoms with Gasteiger partial charge in [0.25, 0.3) is 11.8 Å². The predicted octanol–water partition coefficient (Wildman–Crippen LogP) is 4.49. The molecule has 0 fully saturated rings. The number of hydrogen-bond acceptors (Lipinski definition) is 3. The molecule has 2 N–H and O–H groups in total. The number of methoxy groups -OCH3 is 1. The van der Waals surface area contributed by atoms with Gasteiger partial charge in [-0.15, -0.1) is 0 Å². The Balaban J connectivity index is 1.63. The van der Waals surface area contributed by atoms with Gasteiger partial charge in [0.1, 0.15) is 5.75 Å². The highest BCUT2D eigenvalue weighted by Crippen LogP contribution is 2.17. The first-order chi connectivity index (χ1) is 14.0. The molecule has 0 bridgehead atoms. The van der Waals surface area contributed by atoms with Crippen molar-refractivity contribution in [2.24, 2.45) is 0 Å². The Morgan fingerprint density at radius 3 is 2.03 bits per heavy atom. The normalized spacial score (nSPS) is 10.3. The van der Waals surface area contributed by atoms with Gasteiger partial charge in [0.05, 0.1) is 7.11 Å². The standard InChI is InChI=1S/C24H24N2O3/c1-16-12-17(2)14-21(13-16)26-24(28)19-10-8-18(9-11-19)23(27)25-15-20-6-4-5-7-22(20)29-3/h4-14H,15H2,1-3H3,(H,25,27)(H,26,28). The van der Waals surface area contributed by atoms with Crippen LogP contribution in [0.1, 0.15) is 37.4 Å². The molecule has 3 aromatic carbocycles. The number of ether oxygens (including phenoxy) is 1. The van der Waals surface area contributed by atoms with E-state index in [1.54, 1.807) is 31.4 Å². The van der Waals surface area contributed by atoms with Crippen LogP contribution in [0.25, 0.3) is 0 Å². The van der Waals surface area contributed by atoms with Crippen molar-refractivity contribution in [1.82, 2.24) is 5.32 Å². The van der Waals surface area contributed by atoms with Crippen molar-refractivity contribution in [2.45, 2.75) is 20.4 Å². The van der Waals surface area contributed by atoms with E-state index < -0.39 is 0 Å². The maximum Gasteiger partial charge on any atom is 0.255 e. The number of benzene rings is 3. The van der Waals surface area contributed by atoms with Gasteiger partial charge in [0, 0.05) is 28.9 Å². The van der Waals surface area contributed by atoms with Crippen LogP contribution in [0.4, 0.5) is 5.69 Å². The van der Waals surface area contributed by atoms with Gasteiger partial charge in [-0.1, -0.05) is 24.3 Å². The summed E-state index contributed by atoms with van der Waals surface area (Å²) in [4.78, 5) is 24.9. The Morgan fingerprint density at radius 1 is 0.828 bits per heavy atom. The van der Waals surface area contributed by atoms with E-state index in [1.165, 1.54) is 0 Å². The summed E-state index contributed by atoms with van der Waals surface area (Å²) in [7, 11) is 1.60. The first-order valence-corrected chi connectivity index (χ1v) is 9.36. The van der Waals surface area contributed by atoms with Crippen LogP contribution in [0, 0.1) is 13.8 Å². The van der Waals surface area contributed by atoms with Gasteiger partial charge in [-0.2, -0.15) is 0 Å².